The first kappa shape index (κ1) is 18.2. The summed E-state index contributed by atoms with van der Waals surface area (Å²) < 4.78 is 5.13. The van der Waals surface area contributed by atoms with Crippen molar-refractivity contribution < 1.29 is 9.53 Å². The van der Waals surface area contributed by atoms with Crippen molar-refractivity contribution >= 4 is 5.91 Å². The molecule has 1 N–H and O–H groups in total. The Labute approximate surface area is 160 Å². The lowest BCUT2D eigenvalue weighted by Crippen LogP contribution is -2.36. The third-order valence-electron chi connectivity index (χ3n) is 5.60. The van der Waals surface area contributed by atoms with Crippen molar-refractivity contribution in [3.05, 3.63) is 34.6 Å². The Hall–Kier alpha value is -2.21. The first-order valence-corrected chi connectivity index (χ1v) is 10.0. The van der Waals surface area contributed by atoms with Gasteiger partial charge in [0.1, 0.15) is 5.82 Å². The van der Waals surface area contributed by atoms with Crippen LogP contribution in [0.15, 0.2) is 12.1 Å². The van der Waals surface area contributed by atoms with Crippen molar-refractivity contribution in [3.63, 3.8) is 0 Å². The van der Waals surface area contributed by atoms with Gasteiger partial charge in [-0.1, -0.05) is 6.07 Å². The van der Waals surface area contributed by atoms with E-state index in [0.717, 1.165) is 48.4 Å². The average molecular weight is 368 g/mol. The molecule has 0 bridgehead atoms. The smallest absolute Gasteiger partial charge is 0.254 e. The molecule has 6 nitrogen and oxygen atoms in total. The molecule has 1 saturated carbocycles. The predicted molar refractivity (Wildman–Crippen MR) is 104 cm³/mol. The van der Waals surface area contributed by atoms with Crippen LogP contribution in [-0.2, 0) is 11.2 Å². The summed E-state index contributed by atoms with van der Waals surface area (Å²) in [6.07, 6.45) is 6.52. The van der Waals surface area contributed by atoms with Crippen LogP contribution < -0.4 is 0 Å². The average Bonchev–Trinajstić information content (AvgIpc) is 3.44. The number of nitrogens with zero attached hydrogens (tertiary/aromatic N) is 3. The molecule has 2 aliphatic rings. The summed E-state index contributed by atoms with van der Waals surface area (Å²) in [7, 11) is 1.68. The zero-order valence-electron chi connectivity index (χ0n) is 16.3. The molecule has 0 radical (unpaired) electrons. The summed E-state index contributed by atoms with van der Waals surface area (Å²) in [5.41, 5.74) is 4.13. The SMILES string of the molecule is COCCc1nc(-c2cc(C(=O)N3CCCCC3)c(C)cc2C2CC2)n[nH]1. The Morgan fingerprint density at radius 3 is 2.74 bits per heavy atom. The number of carbonyl (C=O) groups is 1. The molecule has 1 amide bonds. The fourth-order valence-electron chi connectivity index (χ4n) is 3.88. The normalized spacial score (nSPS) is 17.3. The number of carbonyl (C=O) groups excluding carboxylic acids is 1. The molecular formula is C21H28N4O2. The molecule has 0 spiro atoms. The number of aryl methyl sites for hydroxylation is 1. The summed E-state index contributed by atoms with van der Waals surface area (Å²) >= 11 is 0. The number of rotatable bonds is 6. The molecular weight excluding hydrogens is 340 g/mol. The highest BCUT2D eigenvalue weighted by molar-refractivity contribution is 5.97. The second kappa shape index (κ2) is 7.80. The first-order chi connectivity index (χ1) is 13.2. The predicted octanol–water partition coefficient (Wildman–Crippen LogP) is 3.47. The summed E-state index contributed by atoms with van der Waals surface area (Å²) in [6, 6.07) is 4.22. The molecule has 1 aliphatic heterocycles. The minimum atomic E-state index is 0.144. The van der Waals surface area contributed by atoms with E-state index in [1.165, 1.54) is 24.8 Å². The van der Waals surface area contributed by atoms with Crippen LogP contribution in [0.1, 0.15) is 65.3 Å². The van der Waals surface area contributed by atoms with E-state index in [0.29, 0.717) is 24.8 Å². The molecule has 2 aromatic rings. The molecule has 6 heteroatoms. The maximum atomic E-state index is 13.1. The van der Waals surface area contributed by atoms with Gasteiger partial charge in [-0.15, -0.1) is 0 Å². The van der Waals surface area contributed by atoms with Crippen molar-refractivity contribution in [3.8, 4) is 11.4 Å². The van der Waals surface area contributed by atoms with Crippen LogP contribution in [-0.4, -0.2) is 52.8 Å². The minimum Gasteiger partial charge on any atom is -0.384 e. The summed E-state index contributed by atoms with van der Waals surface area (Å²) in [4.78, 5) is 19.8. The molecule has 4 rings (SSSR count). The number of aromatic amines is 1. The Morgan fingerprint density at radius 1 is 1.26 bits per heavy atom. The van der Waals surface area contributed by atoms with Gasteiger partial charge in [-0.2, -0.15) is 5.10 Å². The zero-order valence-corrected chi connectivity index (χ0v) is 16.3. The van der Waals surface area contributed by atoms with Gasteiger partial charge in [-0.25, -0.2) is 4.98 Å². The van der Waals surface area contributed by atoms with Crippen molar-refractivity contribution in [2.75, 3.05) is 26.8 Å². The van der Waals surface area contributed by atoms with Gasteiger partial charge in [0.15, 0.2) is 5.82 Å². The Bertz CT molecular complexity index is 820. The van der Waals surface area contributed by atoms with E-state index in [2.05, 4.69) is 28.2 Å². The molecule has 2 fully saturated rings. The third kappa shape index (κ3) is 3.90. The van der Waals surface area contributed by atoms with Crippen LogP contribution in [0.25, 0.3) is 11.4 Å². The standard InChI is InChI=1S/C21H28N4O2/c1-14-12-17(15-6-7-15)18(20-22-19(23-24-20)8-11-27-2)13-16(14)21(26)25-9-4-3-5-10-25/h12-13,15H,3-11H2,1-2H3,(H,22,23,24). The molecule has 144 valence electrons. The largest absolute Gasteiger partial charge is 0.384 e. The highest BCUT2D eigenvalue weighted by Crippen LogP contribution is 2.45. The van der Waals surface area contributed by atoms with Crippen LogP contribution in [0.3, 0.4) is 0 Å². The zero-order chi connectivity index (χ0) is 18.8. The van der Waals surface area contributed by atoms with E-state index in [1.807, 2.05) is 11.0 Å². The fraction of sp³-hybridized carbons (Fsp3) is 0.571. The Balaban J connectivity index is 1.68. The second-order valence-corrected chi connectivity index (χ2v) is 7.73. The number of methoxy groups -OCH3 is 1. The second-order valence-electron chi connectivity index (χ2n) is 7.73. The molecule has 1 aromatic carbocycles. The first-order valence-electron chi connectivity index (χ1n) is 10.0. The number of hydrogen-bond donors (Lipinski definition) is 1. The van der Waals surface area contributed by atoms with Crippen LogP contribution in [0.4, 0.5) is 0 Å². The van der Waals surface area contributed by atoms with Crippen LogP contribution >= 0.6 is 0 Å². The monoisotopic (exact) mass is 368 g/mol. The number of aromatic nitrogens is 3. The molecule has 0 unspecified atom stereocenters. The lowest BCUT2D eigenvalue weighted by Gasteiger charge is -2.27. The van der Waals surface area contributed by atoms with Gasteiger partial charge < -0.3 is 9.64 Å². The lowest BCUT2D eigenvalue weighted by molar-refractivity contribution is 0.0723. The number of ether oxygens (including phenoxy) is 1. The van der Waals surface area contributed by atoms with Gasteiger partial charge in [0.2, 0.25) is 0 Å². The van der Waals surface area contributed by atoms with Crippen LogP contribution in [0.5, 0.6) is 0 Å². The van der Waals surface area contributed by atoms with Gasteiger partial charge in [-0.05, 0) is 62.1 Å². The van der Waals surface area contributed by atoms with Gasteiger partial charge in [-0.3, -0.25) is 9.89 Å². The lowest BCUT2D eigenvalue weighted by atomic mass is 9.94. The highest BCUT2D eigenvalue weighted by atomic mass is 16.5. The minimum absolute atomic E-state index is 0.144. The van der Waals surface area contributed by atoms with Crippen LogP contribution in [0, 0.1) is 6.92 Å². The van der Waals surface area contributed by atoms with Crippen molar-refractivity contribution in [2.45, 2.75) is 51.4 Å². The Kier molecular flexibility index (Phi) is 5.25. The Morgan fingerprint density at radius 2 is 2.04 bits per heavy atom. The number of piperidine rings is 1. The van der Waals surface area contributed by atoms with Crippen molar-refractivity contribution in [1.82, 2.24) is 20.1 Å². The summed E-state index contributed by atoms with van der Waals surface area (Å²) in [6.45, 7) is 4.38. The fourth-order valence-corrected chi connectivity index (χ4v) is 3.88. The van der Waals surface area contributed by atoms with Gasteiger partial charge >= 0.3 is 0 Å². The number of hydrogen-bond acceptors (Lipinski definition) is 4. The number of benzene rings is 1. The summed E-state index contributed by atoms with van der Waals surface area (Å²) in [5.74, 6) is 2.22. The van der Waals surface area contributed by atoms with E-state index in [9.17, 15) is 4.79 Å². The summed E-state index contributed by atoms with van der Waals surface area (Å²) in [5, 5.41) is 7.45. The van der Waals surface area contributed by atoms with E-state index < -0.39 is 0 Å². The molecule has 27 heavy (non-hydrogen) atoms. The molecule has 1 aromatic heterocycles. The van der Waals surface area contributed by atoms with E-state index in [4.69, 9.17) is 4.74 Å². The van der Waals surface area contributed by atoms with Gasteiger partial charge in [0.25, 0.3) is 5.91 Å². The van der Waals surface area contributed by atoms with Crippen LogP contribution in [0.2, 0.25) is 0 Å². The number of likely N-dealkylation sites (tertiary alicyclic amines) is 1. The maximum absolute atomic E-state index is 13.1. The highest BCUT2D eigenvalue weighted by Gasteiger charge is 2.30. The van der Waals surface area contributed by atoms with Crippen molar-refractivity contribution in [2.24, 2.45) is 0 Å². The quantitative estimate of drug-likeness (QED) is 0.847. The van der Waals surface area contributed by atoms with Gasteiger partial charge in [0, 0.05) is 37.7 Å². The number of H-pyrrole nitrogens is 1. The molecule has 0 atom stereocenters. The molecule has 1 saturated heterocycles. The third-order valence-corrected chi connectivity index (χ3v) is 5.60. The number of amides is 1. The van der Waals surface area contributed by atoms with Crippen molar-refractivity contribution in [1.29, 1.82) is 0 Å². The van der Waals surface area contributed by atoms with E-state index in [-0.39, 0.29) is 5.91 Å². The molecule has 2 heterocycles. The van der Waals surface area contributed by atoms with Gasteiger partial charge in [0.05, 0.1) is 6.61 Å². The van der Waals surface area contributed by atoms with E-state index >= 15 is 0 Å². The topological polar surface area (TPSA) is 71.1 Å². The number of nitrogens with one attached hydrogen (secondary N) is 1. The molecule has 1 aliphatic carbocycles. The maximum Gasteiger partial charge on any atom is 0.254 e. The van der Waals surface area contributed by atoms with E-state index in [1.54, 1.807) is 7.11 Å².